The lowest BCUT2D eigenvalue weighted by molar-refractivity contribution is 0.100. The van der Waals surface area contributed by atoms with E-state index in [0.717, 1.165) is 27.7 Å². The van der Waals surface area contributed by atoms with E-state index in [0.29, 0.717) is 17.5 Å². The average Bonchev–Trinajstić information content (AvgIpc) is 3.06. The van der Waals surface area contributed by atoms with Crippen LogP contribution < -0.4 is 5.73 Å². The van der Waals surface area contributed by atoms with Gasteiger partial charge in [-0.3, -0.25) is 4.79 Å². The Morgan fingerprint density at radius 3 is 2.48 bits per heavy atom. The largest absolute Gasteiger partial charge is 0.366 e. The van der Waals surface area contributed by atoms with Crippen molar-refractivity contribution in [1.82, 2.24) is 9.97 Å². The van der Waals surface area contributed by atoms with Crippen molar-refractivity contribution >= 4 is 16.9 Å². The Morgan fingerprint density at radius 2 is 1.78 bits per heavy atom. The molecule has 3 N–H and O–H groups in total. The van der Waals surface area contributed by atoms with Crippen molar-refractivity contribution in [2.45, 2.75) is 13.8 Å². The minimum Gasteiger partial charge on any atom is -0.366 e. The lowest BCUT2D eigenvalue weighted by atomic mass is 10.0. The van der Waals surface area contributed by atoms with Gasteiger partial charge in [0.1, 0.15) is 11.5 Å². The summed E-state index contributed by atoms with van der Waals surface area (Å²) in [5.74, 6) is -0.670. The van der Waals surface area contributed by atoms with Crippen molar-refractivity contribution in [2.75, 3.05) is 0 Å². The van der Waals surface area contributed by atoms with Gasteiger partial charge in [0, 0.05) is 35.3 Å². The Labute approximate surface area is 156 Å². The van der Waals surface area contributed by atoms with Gasteiger partial charge in [-0.2, -0.15) is 0 Å². The van der Waals surface area contributed by atoms with Gasteiger partial charge in [0.2, 0.25) is 5.91 Å². The molecule has 0 aliphatic rings. The number of aromatic amines is 1. The fraction of sp³-hybridized carbons (Fsp3) is 0.0909. The van der Waals surface area contributed by atoms with Crippen molar-refractivity contribution in [3.63, 3.8) is 0 Å². The predicted molar refractivity (Wildman–Crippen MR) is 106 cm³/mol. The summed E-state index contributed by atoms with van der Waals surface area (Å²) in [5.41, 5.74) is 9.98. The molecule has 0 bridgehead atoms. The zero-order valence-electron chi connectivity index (χ0n) is 13.9. The van der Waals surface area contributed by atoms with Gasteiger partial charge in [0.15, 0.2) is 0 Å². The molecule has 0 saturated heterocycles. The van der Waals surface area contributed by atoms with Crippen molar-refractivity contribution in [1.29, 1.82) is 0 Å². The van der Waals surface area contributed by atoms with Gasteiger partial charge in [-0.1, -0.05) is 37.8 Å². The van der Waals surface area contributed by atoms with Crippen molar-refractivity contribution in [3.8, 4) is 11.1 Å². The Morgan fingerprint density at radius 1 is 1.04 bits per heavy atom. The van der Waals surface area contributed by atoms with Crippen molar-refractivity contribution in [2.24, 2.45) is 5.73 Å². The maximum absolute atomic E-state index is 14.0. The van der Waals surface area contributed by atoms with Crippen LogP contribution in [0.15, 0.2) is 67.0 Å². The summed E-state index contributed by atoms with van der Waals surface area (Å²) in [6.45, 7) is 0. The molecule has 0 aliphatic carbocycles. The highest BCUT2D eigenvalue weighted by Gasteiger charge is 2.10. The van der Waals surface area contributed by atoms with Crippen LogP contribution in [0.25, 0.3) is 22.2 Å². The van der Waals surface area contributed by atoms with Crippen LogP contribution in [0.3, 0.4) is 0 Å². The van der Waals surface area contributed by atoms with E-state index in [2.05, 4.69) is 9.97 Å². The number of fused-ring (bicyclic) bond motifs is 1. The molecule has 2 aromatic carbocycles. The molecular formula is C22H20FN3O. The molecule has 4 nitrogen and oxygen atoms in total. The van der Waals surface area contributed by atoms with Gasteiger partial charge in [0.05, 0.1) is 0 Å². The van der Waals surface area contributed by atoms with Gasteiger partial charge in [0.25, 0.3) is 0 Å². The van der Waals surface area contributed by atoms with Gasteiger partial charge < -0.3 is 10.7 Å². The summed E-state index contributed by atoms with van der Waals surface area (Å²) in [5, 5.41) is 0.949. The van der Waals surface area contributed by atoms with Crippen LogP contribution in [0.1, 0.15) is 28.9 Å². The Kier molecular flexibility index (Phi) is 5.03. The number of pyridine rings is 1. The Bertz CT molecular complexity index is 1100. The number of primary amides is 1. The number of carbonyl (C=O) groups excluding carboxylic acids is 1. The average molecular weight is 361 g/mol. The molecule has 0 radical (unpaired) electrons. The second-order valence-electron chi connectivity index (χ2n) is 6.14. The predicted octanol–water partition coefficient (Wildman–Crippen LogP) is 4.69. The maximum Gasteiger partial charge on any atom is 0.248 e. The Balaban J connectivity index is 0.00000210. The molecule has 4 rings (SSSR count). The van der Waals surface area contributed by atoms with Gasteiger partial charge in [-0.05, 0) is 41.0 Å². The normalized spacial score (nSPS) is 10.6. The first-order valence-corrected chi connectivity index (χ1v) is 8.21. The van der Waals surface area contributed by atoms with E-state index in [4.69, 9.17) is 5.73 Å². The van der Waals surface area contributed by atoms with E-state index >= 15 is 0 Å². The van der Waals surface area contributed by atoms with Crippen LogP contribution in [-0.2, 0) is 6.42 Å². The van der Waals surface area contributed by atoms with E-state index in [9.17, 15) is 9.18 Å². The number of nitrogens with zero attached hydrogens (tertiary/aromatic N) is 1. The summed E-state index contributed by atoms with van der Waals surface area (Å²) in [4.78, 5) is 18.8. The fourth-order valence-corrected chi connectivity index (χ4v) is 3.04. The first kappa shape index (κ1) is 18.3. The molecule has 0 atom stereocenters. The highest BCUT2D eigenvalue weighted by molar-refractivity contribution is 5.93. The molecule has 2 aromatic heterocycles. The first-order valence-electron chi connectivity index (χ1n) is 8.21. The molecule has 0 aliphatic heterocycles. The number of aromatic nitrogens is 2. The van der Waals surface area contributed by atoms with Crippen molar-refractivity contribution in [3.05, 3.63) is 89.5 Å². The minimum atomic E-state index is -0.456. The number of halogens is 1. The zero-order valence-corrected chi connectivity index (χ0v) is 13.9. The molecule has 27 heavy (non-hydrogen) atoms. The quantitative estimate of drug-likeness (QED) is 0.553. The fourth-order valence-electron chi connectivity index (χ4n) is 3.04. The number of nitrogens with one attached hydrogen (secondary N) is 1. The van der Waals surface area contributed by atoms with E-state index in [-0.39, 0.29) is 13.2 Å². The van der Waals surface area contributed by atoms with E-state index in [1.54, 1.807) is 30.5 Å². The highest BCUT2D eigenvalue weighted by Crippen LogP contribution is 2.26. The van der Waals surface area contributed by atoms with E-state index in [1.807, 2.05) is 30.5 Å². The van der Waals surface area contributed by atoms with Crippen molar-refractivity contribution < 1.29 is 9.18 Å². The molecule has 2 heterocycles. The topological polar surface area (TPSA) is 71.8 Å². The summed E-state index contributed by atoms with van der Waals surface area (Å²) in [7, 11) is 0. The monoisotopic (exact) mass is 361 g/mol. The molecule has 4 aromatic rings. The summed E-state index contributed by atoms with van der Waals surface area (Å²) >= 11 is 0. The summed E-state index contributed by atoms with van der Waals surface area (Å²) in [6.07, 6.45) is 4.12. The molecule has 1 amide bonds. The zero-order chi connectivity index (χ0) is 18.1. The molecule has 0 saturated carbocycles. The summed E-state index contributed by atoms with van der Waals surface area (Å²) < 4.78 is 14.0. The van der Waals surface area contributed by atoms with Crippen LogP contribution >= 0.6 is 0 Å². The van der Waals surface area contributed by atoms with Crippen LogP contribution in [0.4, 0.5) is 4.39 Å². The molecule has 5 heteroatoms. The third-order valence-corrected chi connectivity index (χ3v) is 4.46. The standard InChI is InChI=1S/C21H16FN3O.CH4/c22-19-4-2-1-3-15(19)9-17-12-25-21-18(17)10-16(11-24-21)13-5-7-14(8-6-13)20(23)26;/h1-8,10-12H,9H2,(H2,23,26)(H,24,25);1H4. The molecular weight excluding hydrogens is 341 g/mol. The number of hydrogen-bond acceptors (Lipinski definition) is 2. The van der Waals surface area contributed by atoms with Crippen LogP contribution in [0, 0.1) is 5.82 Å². The summed E-state index contributed by atoms with van der Waals surface area (Å²) in [6, 6.07) is 15.9. The first-order chi connectivity index (χ1) is 12.6. The second-order valence-corrected chi connectivity index (χ2v) is 6.14. The number of hydrogen-bond donors (Lipinski definition) is 2. The van der Waals surface area contributed by atoms with Gasteiger partial charge >= 0.3 is 0 Å². The number of nitrogens with two attached hydrogens (primary N) is 1. The third-order valence-electron chi connectivity index (χ3n) is 4.46. The highest BCUT2D eigenvalue weighted by atomic mass is 19.1. The molecule has 0 spiro atoms. The van der Waals surface area contributed by atoms with E-state index in [1.165, 1.54) is 6.07 Å². The van der Waals surface area contributed by atoms with Gasteiger partial charge in [-0.15, -0.1) is 0 Å². The number of benzene rings is 2. The van der Waals surface area contributed by atoms with Crippen LogP contribution in [-0.4, -0.2) is 15.9 Å². The molecule has 0 unspecified atom stereocenters. The lowest BCUT2D eigenvalue weighted by Crippen LogP contribution is -2.10. The second kappa shape index (κ2) is 7.41. The number of rotatable bonds is 4. The third kappa shape index (κ3) is 3.58. The molecule has 136 valence electrons. The van der Waals surface area contributed by atoms with Crippen LogP contribution in [0.5, 0.6) is 0 Å². The van der Waals surface area contributed by atoms with Gasteiger partial charge in [-0.25, -0.2) is 9.37 Å². The number of H-pyrrole nitrogens is 1. The van der Waals surface area contributed by atoms with E-state index < -0.39 is 5.91 Å². The minimum absolute atomic E-state index is 0. The Hall–Kier alpha value is -3.47. The lowest BCUT2D eigenvalue weighted by Gasteiger charge is -2.05. The van der Waals surface area contributed by atoms with Crippen LogP contribution in [0.2, 0.25) is 0 Å². The number of amides is 1. The molecule has 0 fully saturated rings. The maximum atomic E-state index is 14.0. The smallest absolute Gasteiger partial charge is 0.248 e. The SMILES string of the molecule is C.NC(=O)c1ccc(-c2cnc3[nH]cc(Cc4ccccc4F)c3c2)cc1. The number of carbonyl (C=O) groups is 1.